The smallest absolute Gasteiger partial charge is 0.251 e. The summed E-state index contributed by atoms with van der Waals surface area (Å²) in [6.07, 6.45) is 0. The number of benzene rings is 2. The number of anilines is 1. The van der Waals surface area contributed by atoms with Gasteiger partial charge in [0, 0.05) is 18.7 Å². The van der Waals surface area contributed by atoms with Crippen LogP contribution in [0.1, 0.15) is 35.6 Å². The fraction of sp³-hybridized carbons (Fsp3) is 0.292. The van der Waals surface area contributed by atoms with Crippen LogP contribution in [-0.4, -0.2) is 54.0 Å². The van der Waals surface area contributed by atoms with E-state index in [1.807, 2.05) is 37.3 Å². The normalized spacial score (nSPS) is 11.4. The Morgan fingerprint density at radius 2 is 1.68 bits per heavy atom. The minimum atomic E-state index is -3.69. The lowest BCUT2D eigenvalue weighted by Crippen LogP contribution is -2.33. The lowest BCUT2D eigenvalue weighted by atomic mass is 10.2. The molecule has 0 saturated carbocycles. The predicted octanol–water partition coefficient (Wildman–Crippen LogP) is 2.89. The summed E-state index contributed by atoms with van der Waals surface area (Å²) >= 11 is 0. The number of nitrogens with zero attached hydrogens (tertiary/aromatic N) is 3. The van der Waals surface area contributed by atoms with Gasteiger partial charge in [0.25, 0.3) is 5.91 Å². The average Bonchev–Trinajstić information content (AvgIpc) is 3.12. The first kappa shape index (κ1) is 25.1. The molecule has 3 rings (SSSR count). The molecular weight excluding hydrogens is 454 g/mol. The number of hydrogen-bond acceptors (Lipinski definition) is 5. The second-order valence-corrected chi connectivity index (χ2v) is 9.58. The molecule has 0 unspecified atom stereocenters. The molecule has 0 radical (unpaired) electrons. The number of aromatic nitrogens is 2. The third kappa shape index (κ3) is 5.35. The summed E-state index contributed by atoms with van der Waals surface area (Å²) < 4.78 is 28.5. The molecule has 0 saturated heterocycles. The number of amides is 2. The largest absolute Gasteiger partial charge is 0.343 e. The zero-order valence-corrected chi connectivity index (χ0v) is 20.5. The van der Waals surface area contributed by atoms with E-state index >= 15 is 0 Å². The lowest BCUT2D eigenvalue weighted by Gasteiger charge is -2.18. The molecule has 0 bridgehead atoms. The Balaban J connectivity index is 1.68. The van der Waals surface area contributed by atoms with Crippen LogP contribution in [0, 0.1) is 13.8 Å². The molecule has 0 aliphatic rings. The first-order valence-corrected chi connectivity index (χ1v) is 12.4. The van der Waals surface area contributed by atoms with E-state index in [-0.39, 0.29) is 17.0 Å². The molecule has 2 amide bonds. The number of carbonyl (C=O) groups is 2. The van der Waals surface area contributed by atoms with Crippen LogP contribution < -0.4 is 10.6 Å². The third-order valence-electron chi connectivity index (χ3n) is 5.41. The van der Waals surface area contributed by atoms with Gasteiger partial charge in [-0.3, -0.25) is 9.59 Å². The first-order valence-electron chi connectivity index (χ1n) is 11.0. The molecule has 2 aromatic carbocycles. The molecule has 0 aliphatic carbocycles. The summed E-state index contributed by atoms with van der Waals surface area (Å²) in [7, 11) is -3.69. The van der Waals surface area contributed by atoms with Crippen LogP contribution in [0.5, 0.6) is 0 Å². The Morgan fingerprint density at radius 3 is 2.32 bits per heavy atom. The van der Waals surface area contributed by atoms with Crippen molar-refractivity contribution in [3.63, 3.8) is 0 Å². The van der Waals surface area contributed by atoms with Gasteiger partial charge >= 0.3 is 0 Å². The van der Waals surface area contributed by atoms with Crippen LogP contribution in [0.4, 0.5) is 5.69 Å². The molecular formula is C24H29N5O4S. The van der Waals surface area contributed by atoms with Gasteiger partial charge in [-0.25, -0.2) is 13.1 Å². The Hall–Kier alpha value is -3.50. The van der Waals surface area contributed by atoms with Crippen molar-refractivity contribution < 1.29 is 18.0 Å². The van der Waals surface area contributed by atoms with E-state index in [4.69, 9.17) is 0 Å². The van der Waals surface area contributed by atoms with Gasteiger partial charge in [-0.1, -0.05) is 38.1 Å². The van der Waals surface area contributed by atoms with Gasteiger partial charge in [0.2, 0.25) is 15.9 Å². The highest BCUT2D eigenvalue weighted by atomic mass is 32.2. The summed E-state index contributed by atoms with van der Waals surface area (Å²) in [5.74, 6) is -0.959. The zero-order valence-electron chi connectivity index (χ0n) is 19.7. The van der Waals surface area contributed by atoms with Crippen LogP contribution in [0.2, 0.25) is 0 Å². The Morgan fingerprint density at radius 1 is 1.00 bits per heavy atom. The van der Waals surface area contributed by atoms with E-state index in [0.29, 0.717) is 24.5 Å². The van der Waals surface area contributed by atoms with Crippen molar-refractivity contribution in [3.8, 4) is 5.69 Å². The number of carbonyl (C=O) groups excluding carboxylic acids is 2. The second kappa shape index (κ2) is 10.6. The highest BCUT2D eigenvalue weighted by Crippen LogP contribution is 2.22. The maximum atomic E-state index is 12.7. The molecule has 34 heavy (non-hydrogen) atoms. The number of hydrogen-bond donors (Lipinski definition) is 2. The highest BCUT2D eigenvalue weighted by Gasteiger charge is 2.23. The SMILES string of the molecule is CCN(CC)S(=O)(=O)c1cccc(C(=O)NCC(=O)Nc2c(C)nn(-c3ccccc3)c2C)c1. The minimum Gasteiger partial charge on any atom is -0.343 e. The minimum absolute atomic E-state index is 0.0351. The highest BCUT2D eigenvalue weighted by molar-refractivity contribution is 7.89. The molecule has 0 atom stereocenters. The Labute approximate surface area is 199 Å². The fourth-order valence-corrected chi connectivity index (χ4v) is 5.11. The van der Waals surface area contributed by atoms with Crippen molar-refractivity contribution in [2.24, 2.45) is 0 Å². The van der Waals surface area contributed by atoms with Crippen molar-refractivity contribution in [1.29, 1.82) is 0 Å². The number of sulfonamides is 1. The maximum absolute atomic E-state index is 12.7. The molecule has 0 fully saturated rings. The fourth-order valence-electron chi connectivity index (χ4n) is 3.60. The van der Waals surface area contributed by atoms with Crippen molar-refractivity contribution in [2.75, 3.05) is 25.0 Å². The van der Waals surface area contributed by atoms with E-state index in [1.54, 1.807) is 25.5 Å². The summed E-state index contributed by atoms with van der Waals surface area (Å²) in [6.45, 7) is 7.53. The predicted molar refractivity (Wildman–Crippen MR) is 131 cm³/mol. The lowest BCUT2D eigenvalue weighted by molar-refractivity contribution is -0.115. The van der Waals surface area contributed by atoms with Crippen molar-refractivity contribution in [2.45, 2.75) is 32.6 Å². The van der Waals surface area contributed by atoms with Gasteiger partial charge in [0.1, 0.15) is 0 Å². The van der Waals surface area contributed by atoms with Crippen LogP contribution in [0.15, 0.2) is 59.5 Å². The standard InChI is InChI=1S/C24H29N5O4S/c1-5-28(6-2)34(32,33)21-14-10-11-19(15-21)24(31)25-16-22(30)26-23-17(3)27-29(18(23)4)20-12-8-7-9-13-20/h7-15H,5-6,16H2,1-4H3,(H,25,31)(H,26,30). The first-order chi connectivity index (χ1) is 16.2. The topological polar surface area (TPSA) is 113 Å². The van der Waals surface area contributed by atoms with Gasteiger partial charge in [-0.15, -0.1) is 0 Å². The van der Waals surface area contributed by atoms with Gasteiger partial charge < -0.3 is 10.6 Å². The van der Waals surface area contributed by atoms with Crippen molar-refractivity contribution in [3.05, 3.63) is 71.5 Å². The van der Waals surface area contributed by atoms with E-state index < -0.39 is 21.8 Å². The van der Waals surface area contributed by atoms with Gasteiger partial charge in [0.15, 0.2) is 0 Å². The summed E-state index contributed by atoms with van der Waals surface area (Å²) in [5, 5.41) is 9.84. The number of nitrogens with one attached hydrogen (secondary N) is 2. The quantitative estimate of drug-likeness (QED) is 0.486. The Bertz CT molecular complexity index is 1280. The van der Waals surface area contributed by atoms with Crippen LogP contribution in [-0.2, 0) is 14.8 Å². The van der Waals surface area contributed by atoms with Crippen LogP contribution >= 0.6 is 0 Å². The molecule has 10 heteroatoms. The van der Waals surface area contributed by atoms with Crippen molar-refractivity contribution in [1.82, 2.24) is 19.4 Å². The molecule has 9 nitrogen and oxygen atoms in total. The zero-order chi connectivity index (χ0) is 24.9. The summed E-state index contributed by atoms with van der Waals surface area (Å²) in [4.78, 5) is 25.2. The monoisotopic (exact) mass is 483 g/mol. The number of rotatable bonds is 9. The third-order valence-corrected chi connectivity index (χ3v) is 7.45. The van der Waals surface area contributed by atoms with E-state index in [2.05, 4.69) is 15.7 Å². The molecule has 2 N–H and O–H groups in total. The molecule has 1 aromatic heterocycles. The summed E-state index contributed by atoms with van der Waals surface area (Å²) in [5.41, 5.74) is 3.02. The molecule has 1 heterocycles. The summed E-state index contributed by atoms with van der Waals surface area (Å²) in [6, 6.07) is 15.3. The van der Waals surface area contributed by atoms with Crippen LogP contribution in [0.3, 0.4) is 0 Å². The molecule has 0 spiro atoms. The van der Waals surface area contributed by atoms with Crippen LogP contribution in [0.25, 0.3) is 5.69 Å². The molecule has 180 valence electrons. The molecule has 3 aromatic rings. The second-order valence-electron chi connectivity index (χ2n) is 7.64. The molecule has 0 aliphatic heterocycles. The van der Waals surface area contributed by atoms with Gasteiger partial charge in [0.05, 0.1) is 34.2 Å². The number of para-hydroxylation sites is 1. The Kier molecular flexibility index (Phi) is 7.85. The average molecular weight is 484 g/mol. The maximum Gasteiger partial charge on any atom is 0.251 e. The van der Waals surface area contributed by atoms with E-state index in [9.17, 15) is 18.0 Å². The van der Waals surface area contributed by atoms with Gasteiger partial charge in [-0.2, -0.15) is 9.40 Å². The van der Waals surface area contributed by atoms with Crippen molar-refractivity contribution >= 4 is 27.5 Å². The van der Waals surface area contributed by atoms with Gasteiger partial charge in [-0.05, 0) is 44.2 Å². The number of aryl methyl sites for hydroxylation is 1. The van der Waals surface area contributed by atoms with E-state index in [1.165, 1.54) is 28.6 Å². The van der Waals surface area contributed by atoms with E-state index in [0.717, 1.165) is 11.4 Å².